The second-order valence-corrected chi connectivity index (χ2v) is 2.89. The fourth-order valence-electron chi connectivity index (χ4n) is 0.680. The van der Waals surface area contributed by atoms with Gasteiger partial charge in [0.05, 0.1) is 6.61 Å². The molecule has 0 aromatic rings. The van der Waals surface area contributed by atoms with E-state index in [1.807, 2.05) is 0 Å². The number of aliphatic hydroxyl groups is 2. The van der Waals surface area contributed by atoms with Gasteiger partial charge in [-0.3, -0.25) is 0 Å². The van der Waals surface area contributed by atoms with Crippen molar-refractivity contribution >= 4 is 0 Å². The van der Waals surface area contributed by atoms with Crippen LogP contribution in [-0.2, 0) is 0 Å². The van der Waals surface area contributed by atoms with Gasteiger partial charge in [0, 0.05) is 12.6 Å². The van der Waals surface area contributed by atoms with Gasteiger partial charge >= 0.3 is 0 Å². The maximum Gasteiger partial charge on any atom is 0.0582 e. The molecule has 4 N–H and O–H groups in total. The smallest absolute Gasteiger partial charge is 0.0582 e. The van der Waals surface area contributed by atoms with E-state index in [-0.39, 0.29) is 19.3 Å². The zero-order chi connectivity index (χ0) is 9.28. The van der Waals surface area contributed by atoms with Gasteiger partial charge in [-0.2, -0.15) is 0 Å². The molecule has 0 heterocycles. The summed E-state index contributed by atoms with van der Waals surface area (Å²) in [7, 11) is 0. The minimum absolute atomic E-state index is 0.0185. The maximum atomic E-state index is 8.46. The average molecular weight is 163 g/mol. The minimum atomic E-state index is -0.0185. The van der Waals surface area contributed by atoms with Gasteiger partial charge < -0.3 is 15.9 Å². The van der Waals surface area contributed by atoms with E-state index in [9.17, 15) is 0 Å². The molecule has 0 bridgehead atoms. The third-order valence-electron chi connectivity index (χ3n) is 1.01. The predicted molar refractivity (Wildman–Crippen MR) is 47.3 cm³/mol. The molecule has 0 aromatic carbocycles. The molecule has 11 heavy (non-hydrogen) atoms. The second kappa shape index (κ2) is 9.88. The molecule has 0 aliphatic carbocycles. The monoisotopic (exact) mass is 163 g/mol. The summed E-state index contributed by atoms with van der Waals surface area (Å²) in [5.74, 6) is 0.595. The van der Waals surface area contributed by atoms with Crippen LogP contribution in [0.25, 0.3) is 0 Å². The van der Waals surface area contributed by atoms with Crippen LogP contribution >= 0.6 is 0 Å². The molecule has 0 radical (unpaired) electrons. The minimum Gasteiger partial charge on any atom is -0.397 e. The lowest BCUT2D eigenvalue weighted by molar-refractivity contribution is 0.250. The van der Waals surface area contributed by atoms with Gasteiger partial charge in [-0.1, -0.05) is 13.8 Å². The summed E-state index contributed by atoms with van der Waals surface area (Å²) in [4.78, 5) is 0. The molecule has 0 saturated heterocycles. The first-order chi connectivity index (χ1) is 5.08. The normalized spacial score (nSPS) is 12.3. The molecule has 1 atom stereocenters. The summed E-state index contributed by atoms with van der Waals surface area (Å²) < 4.78 is 0. The Balaban J connectivity index is 0. The van der Waals surface area contributed by atoms with Crippen molar-refractivity contribution in [2.24, 2.45) is 11.7 Å². The summed E-state index contributed by atoms with van der Waals surface area (Å²) in [5, 5.41) is 16.0. The predicted octanol–water partition coefficient (Wildman–Crippen LogP) is 0.351. The van der Waals surface area contributed by atoms with E-state index in [2.05, 4.69) is 13.8 Å². The Morgan fingerprint density at radius 1 is 1.27 bits per heavy atom. The molecule has 0 fully saturated rings. The first-order valence-electron chi connectivity index (χ1n) is 4.05. The van der Waals surface area contributed by atoms with E-state index < -0.39 is 0 Å². The topological polar surface area (TPSA) is 66.5 Å². The van der Waals surface area contributed by atoms with E-state index in [1.54, 1.807) is 6.92 Å². The molecular formula is C8H21NO2. The molecule has 0 aliphatic heterocycles. The summed E-state index contributed by atoms with van der Waals surface area (Å²) >= 11 is 0. The van der Waals surface area contributed by atoms with Gasteiger partial charge in [0.15, 0.2) is 0 Å². The van der Waals surface area contributed by atoms with E-state index in [0.29, 0.717) is 5.92 Å². The van der Waals surface area contributed by atoms with Crippen molar-refractivity contribution in [3.8, 4) is 0 Å². The number of rotatable bonds is 3. The van der Waals surface area contributed by atoms with Gasteiger partial charge in [-0.25, -0.2) is 0 Å². The van der Waals surface area contributed by atoms with Crippen molar-refractivity contribution in [2.45, 2.75) is 33.2 Å². The molecular weight excluding hydrogens is 142 g/mol. The summed E-state index contributed by atoms with van der Waals surface area (Å²) in [6.07, 6.45) is 0.913. The van der Waals surface area contributed by atoms with Gasteiger partial charge in [0.25, 0.3) is 0 Å². The van der Waals surface area contributed by atoms with Crippen molar-refractivity contribution in [2.75, 3.05) is 13.2 Å². The van der Waals surface area contributed by atoms with Crippen molar-refractivity contribution in [1.82, 2.24) is 0 Å². The van der Waals surface area contributed by atoms with Crippen LogP contribution < -0.4 is 5.73 Å². The van der Waals surface area contributed by atoms with Crippen molar-refractivity contribution < 1.29 is 10.2 Å². The van der Waals surface area contributed by atoms with Gasteiger partial charge in [0.2, 0.25) is 0 Å². The molecule has 0 aliphatic rings. The number of nitrogens with two attached hydrogens (primary N) is 1. The highest BCUT2D eigenvalue weighted by Gasteiger charge is 2.01. The third-order valence-corrected chi connectivity index (χ3v) is 1.01. The van der Waals surface area contributed by atoms with Crippen LogP contribution in [0.15, 0.2) is 0 Å². The van der Waals surface area contributed by atoms with Crippen molar-refractivity contribution in [1.29, 1.82) is 0 Å². The molecule has 0 rings (SSSR count). The second-order valence-electron chi connectivity index (χ2n) is 2.89. The Kier molecular flexibility index (Phi) is 12.1. The Morgan fingerprint density at radius 2 is 1.64 bits per heavy atom. The van der Waals surface area contributed by atoms with Gasteiger partial charge in [-0.05, 0) is 19.3 Å². The summed E-state index contributed by atoms with van der Waals surface area (Å²) in [6, 6.07) is -0.0185. The number of hydrogen-bond donors (Lipinski definition) is 3. The summed E-state index contributed by atoms with van der Waals surface area (Å²) in [6.45, 7) is 6.23. The lowest BCUT2D eigenvalue weighted by atomic mass is 10.1. The van der Waals surface area contributed by atoms with Crippen molar-refractivity contribution in [3.05, 3.63) is 0 Å². The number of hydrogen-bond acceptors (Lipinski definition) is 3. The summed E-state index contributed by atoms with van der Waals surface area (Å²) in [5.41, 5.74) is 5.42. The van der Waals surface area contributed by atoms with Crippen LogP contribution in [0.5, 0.6) is 0 Å². The quantitative estimate of drug-likeness (QED) is 0.562. The standard InChI is InChI=1S/C6H15NO.C2H6O/c1-5(2)3-6(7)4-8;1-2-3/h5-6,8H,3-4,7H2,1-2H3;3H,2H2,1H3. The fraction of sp³-hybridized carbons (Fsp3) is 1.00. The van der Waals surface area contributed by atoms with Gasteiger partial charge in [-0.15, -0.1) is 0 Å². The first-order valence-corrected chi connectivity index (χ1v) is 4.05. The van der Waals surface area contributed by atoms with E-state index in [4.69, 9.17) is 15.9 Å². The highest BCUT2D eigenvalue weighted by Crippen LogP contribution is 2.00. The maximum absolute atomic E-state index is 8.46. The highest BCUT2D eigenvalue weighted by atomic mass is 16.3. The van der Waals surface area contributed by atoms with Gasteiger partial charge in [0.1, 0.15) is 0 Å². The van der Waals surface area contributed by atoms with Crippen LogP contribution in [0.1, 0.15) is 27.2 Å². The molecule has 0 saturated carbocycles. The third kappa shape index (κ3) is 17.7. The molecule has 0 amide bonds. The molecule has 1 unspecified atom stereocenters. The SMILES string of the molecule is CC(C)CC(N)CO.CCO. The Labute approximate surface area is 69.2 Å². The first kappa shape index (κ1) is 13.5. The van der Waals surface area contributed by atoms with E-state index in [1.165, 1.54) is 0 Å². The van der Waals surface area contributed by atoms with Crippen LogP contribution in [0.3, 0.4) is 0 Å². The largest absolute Gasteiger partial charge is 0.397 e. The molecule has 0 spiro atoms. The Morgan fingerprint density at radius 3 is 1.73 bits per heavy atom. The number of aliphatic hydroxyl groups excluding tert-OH is 2. The van der Waals surface area contributed by atoms with Crippen LogP contribution in [0, 0.1) is 5.92 Å². The average Bonchev–Trinajstić information content (AvgIpc) is 1.88. The Hall–Kier alpha value is -0.120. The molecule has 3 heteroatoms. The molecule has 0 aromatic heterocycles. The van der Waals surface area contributed by atoms with Crippen LogP contribution in [0.2, 0.25) is 0 Å². The zero-order valence-corrected chi connectivity index (χ0v) is 7.75. The molecule has 70 valence electrons. The highest BCUT2D eigenvalue weighted by molar-refractivity contribution is 4.60. The molecule has 3 nitrogen and oxygen atoms in total. The van der Waals surface area contributed by atoms with Crippen LogP contribution in [0.4, 0.5) is 0 Å². The fourth-order valence-corrected chi connectivity index (χ4v) is 0.680. The zero-order valence-electron chi connectivity index (χ0n) is 7.75. The lowest BCUT2D eigenvalue weighted by Crippen LogP contribution is -2.25. The van der Waals surface area contributed by atoms with Crippen LogP contribution in [-0.4, -0.2) is 29.5 Å². The van der Waals surface area contributed by atoms with Crippen molar-refractivity contribution in [3.63, 3.8) is 0 Å². The lowest BCUT2D eigenvalue weighted by Gasteiger charge is -2.09. The van der Waals surface area contributed by atoms with E-state index in [0.717, 1.165) is 6.42 Å². The Bertz CT molecular complexity index is 67.1. The van der Waals surface area contributed by atoms with E-state index >= 15 is 0 Å².